The molecule has 66 valence electrons. The molecule has 1 saturated heterocycles. The van der Waals surface area contributed by atoms with Gasteiger partial charge in [-0.2, -0.15) is 9.35 Å². The van der Waals surface area contributed by atoms with Crippen molar-refractivity contribution in [3.63, 3.8) is 0 Å². The first kappa shape index (κ1) is 8.88. The quantitative estimate of drug-likeness (QED) is 0.403. The summed E-state index contributed by atoms with van der Waals surface area (Å²) in [5, 5.41) is 4.12. The van der Waals surface area contributed by atoms with E-state index >= 15 is 0 Å². The van der Waals surface area contributed by atoms with Gasteiger partial charge < -0.3 is 9.87 Å². The Bertz CT molecular complexity index is 208. The van der Waals surface area contributed by atoms with Crippen LogP contribution in [0.5, 0.6) is 0 Å². The number of rotatable bonds is 2. The summed E-state index contributed by atoms with van der Waals surface area (Å²) in [6.45, 7) is 2.11. The summed E-state index contributed by atoms with van der Waals surface area (Å²) in [5.74, 6) is 0. The third-order valence-electron chi connectivity index (χ3n) is 1.27. The van der Waals surface area contributed by atoms with Crippen LogP contribution >= 0.6 is 0 Å². The molecule has 1 aliphatic rings. The van der Waals surface area contributed by atoms with E-state index < -0.39 is 10.4 Å². The van der Waals surface area contributed by atoms with E-state index in [0.717, 1.165) is 5.06 Å². The Kier molecular flexibility index (Phi) is 2.79. The van der Waals surface area contributed by atoms with Gasteiger partial charge in [-0.1, -0.05) is 0 Å². The number of hydrogen-bond acceptors (Lipinski definition) is 6. The molecule has 0 aliphatic carbocycles. The van der Waals surface area contributed by atoms with Crippen LogP contribution in [-0.4, -0.2) is 44.2 Å². The van der Waals surface area contributed by atoms with Crippen molar-refractivity contribution < 1.29 is 17.3 Å². The van der Waals surface area contributed by atoms with Crippen LogP contribution in [0.1, 0.15) is 0 Å². The van der Waals surface area contributed by atoms with E-state index in [1.54, 1.807) is 0 Å². The van der Waals surface area contributed by atoms with Gasteiger partial charge in [-0.15, -0.1) is 0 Å². The summed E-state index contributed by atoms with van der Waals surface area (Å²) in [6, 6.07) is 0. The fourth-order valence-corrected chi connectivity index (χ4v) is 1.26. The monoisotopic (exact) mass is 181 g/mol. The topological polar surface area (TPSA) is 81.7 Å². The van der Waals surface area contributed by atoms with Crippen molar-refractivity contribution in [1.82, 2.24) is 10.4 Å². The van der Waals surface area contributed by atoms with Gasteiger partial charge in [0.15, 0.2) is 0 Å². The number of piperazine rings is 1. The van der Waals surface area contributed by atoms with Crippen LogP contribution in [0.3, 0.4) is 0 Å². The summed E-state index contributed by atoms with van der Waals surface area (Å²) in [4.78, 5) is 0. The van der Waals surface area contributed by atoms with E-state index in [9.17, 15) is 13.0 Å². The highest BCUT2D eigenvalue weighted by atomic mass is 32.3. The second-order valence-electron chi connectivity index (χ2n) is 2.16. The molecule has 0 saturated carbocycles. The predicted octanol–water partition coefficient (Wildman–Crippen LogP) is -1.72. The lowest BCUT2D eigenvalue weighted by Crippen LogP contribution is -2.44. The number of nitrogens with one attached hydrogen (secondary N) is 1. The maximum atomic E-state index is 10.1. The fourth-order valence-electron chi connectivity index (χ4n) is 0.848. The van der Waals surface area contributed by atoms with Gasteiger partial charge in [0.2, 0.25) is 10.4 Å². The van der Waals surface area contributed by atoms with E-state index in [0.29, 0.717) is 26.2 Å². The van der Waals surface area contributed by atoms with E-state index in [1.165, 1.54) is 0 Å². The first-order chi connectivity index (χ1) is 5.08. The Morgan fingerprint density at radius 1 is 1.36 bits per heavy atom. The summed E-state index contributed by atoms with van der Waals surface area (Å²) < 4.78 is 34.3. The molecule has 0 aromatic heterocycles. The molecular weight excluding hydrogens is 172 g/mol. The van der Waals surface area contributed by atoms with Crippen molar-refractivity contribution in [1.29, 1.82) is 0 Å². The maximum absolute atomic E-state index is 10.1. The molecule has 1 aliphatic heterocycles. The van der Waals surface area contributed by atoms with Gasteiger partial charge in [-0.3, -0.25) is 0 Å². The van der Waals surface area contributed by atoms with Gasteiger partial charge in [-0.25, -0.2) is 8.42 Å². The van der Waals surface area contributed by atoms with Gasteiger partial charge >= 0.3 is 0 Å². The van der Waals surface area contributed by atoms with Crippen molar-refractivity contribution in [2.24, 2.45) is 0 Å². The van der Waals surface area contributed by atoms with Crippen LogP contribution < -0.4 is 5.32 Å². The molecule has 0 bridgehead atoms. The van der Waals surface area contributed by atoms with Crippen LogP contribution in [-0.2, 0) is 14.7 Å². The Morgan fingerprint density at radius 2 is 1.91 bits per heavy atom. The zero-order valence-corrected chi connectivity index (χ0v) is 6.63. The van der Waals surface area contributed by atoms with Gasteiger partial charge in [0, 0.05) is 26.2 Å². The molecule has 7 heteroatoms. The molecular formula is C4H9N2O4S-. The van der Waals surface area contributed by atoms with Crippen LogP contribution in [0.15, 0.2) is 0 Å². The minimum absolute atomic E-state index is 0.418. The lowest BCUT2D eigenvalue weighted by atomic mass is 10.4. The molecule has 0 amide bonds. The highest BCUT2D eigenvalue weighted by Gasteiger charge is 2.12. The number of hydroxylamine groups is 2. The molecule has 0 radical (unpaired) electrons. The van der Waals surface area contributed by atoms with Crippen molar-refractivity contribution in [2.75, 3.05) is 26.2 Å². The summed E-state index contributed by atoms with van der Waals surface area (Å²) in [7, 11) is -4.58. The van der Waals surface area contributed by atoms with Crippen LogP contribution in [0.4, 0.5) is 0 Å². The zero-order chi connectivity index (χ0) is 8.32. The molecule has 6 nitrogen and oxygen atoms in total. The Hall–Kier alpha value is -0.210. The first-order valence-electron chi connectivity index (χ1n) is 3.19. The van der Waals surface area contributed by atoms with Crippen LogP contribution in [0.2, 0.25) is 0 Å². The smallest absolute Gasteiger partial charge is 0.234 e. The van der Waals surface area contributed by atoms with E-state index in [-0.39, 0.29) is 0 Å². The van der Waals surface area contributed by atoms with E-state index in [1.807, 2.05) is 0 Å². The largest absolute Gasteiger partial charge is 0.724 e. The van der Waals surface area contributed by atoms with Crippen LogP contribution in [0, 0.1) is 0 Å². The molecule has 0 atom stereocenters. The Morgan fingerprint density at radius 3 is 2.36 bits per heavy atom. The van der Waals surface area contributed by atoms with Crippen molar-refractivity contribution in [3.8, 4) is 0 Å². The van der Waals surface area contributed by atoms with Crippen molar-refractivity contribution >= 4 is 10.4 Å². The zero-order valence-electron chi connectivity index (χ0n) is 5.82. The molecule has 0 aromatic rings. The highest BCUT2D eigenvalue weighted by Crippen LogP contribution is 1.96. The first-order valence-corrected chi connectivity index (χ1v) is 4.52. The van der Waals surface area contributed by atoms with E-state index in [2.05, 4.69) is 9.60 Å². The number of nitrogens with zero attached hydrogens (tertiary/aromatic N) is 1. The Labute approximate surface area is 65.0 Å². The van der Waals surface area contributed by atoms with E-state index in [4.69, 9.17) is 0 Å². The molecule has 0 aromatic carbocycles. The normalized spacial score (nSPS) is 21.9. The molecule has 1 rings (SSSR count). The highest BCUT2D eigenvalue weighted by molar-refractivity contribution is 7.80. The Balaban J connectivity index is 2.36. The van der Waals surface area contributed by atoms with Gasteiger partial charge in [0.1, 0.15) is 0 Å². The summed E-state index contributed by atoms with van der Waals surface area (Å²) >= 11 is 0. The number of hydrogen-bond donors (Lipinski definition) is 1. The standard InChI is InChI=1S/C4H10N2O4S/c7-11(8,9)10-6-3-1-5-2-4-6/h5H,1-4H2,(H,7,8,9)/p-1. The predicted molar refractivity (Wildman–Crippen MR) is 35.2 cm³/mol. The lowest BCUT2D eigenvalue weighted by Gasteiger charge is -2.26. The van der Waals surface area contributed by atoms with Gasteiger partial charge in [0.25, 0.3) is 0 Å². The maximum Gasteiger partial charge on any atom is 0.234 e. The molecule has 11 heavy (non-hydrogen) atoms. The second kappa shape index (κ2) is 3.46. The molecule has 0 spiro atoms. The average molecular weight is 181 g/mol. The van der Waals surface area contributed by atoms with Crippen molar-refractivity contribution in [2.45, 2.75) is 0 Å². The van der Waals surface area contributed by atoms with Crippen molar-refractivity contribution in [3.05, 3.63) is 0 Å². The molecule has 1 fully saturated rings. The average Bonchev–Trinajstić information content (AvgIpc) is 1.85. The SMILES string of the molecule is O=S(=O)([O-])ON1CCNCC1. The molecule has 1 heterocycles. The molecule has 1 N–H and O–H groups in total. The minimum atomic E-state index is -4.58. The second-order valence-corrected chi connectivity index (χ2v) is 3.13. The molecule has 0 unspecified atom stereocenters. The fraction of sp³-hybridized carbons (Fsp3) is 1.00. The summed E-state index contributed by atoms with van der Waals surface area (Å²) in [5.41, 5.74) is 0. The van der Waals surface area contributed by atoms with Gasteiger partial charge in [-0.05, 0) is 0 Å². The lowest BCUT2D eigenvalue weighted by molar-refractivity contribution is -0.0697. The summed E-state index contributed by atoms with van der Waals surface area (Å²) in [6.07, 6.45) is 0. The minimum Gasteiger partial charge on any atom is -0.724 e. The third kappa shape index (κ3) is 3.63. The third-order valence-corrected chi connectivity index (χ3v) is 1.67. The van der Waals surface area contributed by atoms with Gasteiger partial charge in [0.05, 0.1) is 0 Å². The van der Waals surface area contributed by atoms with Crippen LogP contribution in [0.25, 0.3) is 0 Å².